The third-order valence-corrected chi connectivity index (χ3v) is 6.33. The fourth-order valence-electron chi connectivity index (χ4n) is 4.32. The van der Waals surface area contributed by atoms with Crippen LogP contribution in [0.25, 0.3) is 11.0 Å². The highest BCUT2D eigenvalue weighted by Gasteiger charge is 2.44. The number of hydrogen-bond donors (Lipinski definition) is 0. The van der Waals surface area contributed by atoms with Crippen LogP contribution in [0, 0.1) is 20.8 Å². The lowest BCUT2D eigenvalue weighted by Crippen LogP contribution is -2.30. The minimum absolute atomic E-state index is 0.0951. The number of anilines is 1. The van der Waals surface area contributed by atoms with E-state index in [4.69, 9.17) is 4.42 Å². The van der Waals surface area contributed by atoms with Crippen molar-refractivity contribution in [3.05, 3.63) is 104 Å². The maximum Gasteiger partial charge on any atom is 0.296 e. The summed E-state index contributed by atoms with van der Waals surface area (Å²) in [6.45, 7) is 7.97. The molecule has 2 aromatic heterocycles. The van der Waals surface area contributed by atoms with Gasteiger partial charge in [0, 0.05) is 6.20 Å². The second kappa shape index (κ2) is 7.45. The van der Waals surface area contributed by atoms with Gasteiger partial charge in [-0.05, 0) is 73.2 Å². The van der Waals surface area contributed by atoms with E-state index in [-0.39, 0.29) is 17.1 Å². The molecule has 0 bridgehead atoms. The van der Waals surface area contributed by atoms with Crippen LogP contribution in [0.1, 0.15) is 56.9 Å². The van der Waals surface area contributed by atoms with Crippen LogP contribution in [0.2, 0.25) is 0 Å². The molecule has 1 aliphatic rings. The van der Waals surface area contributed by atoms with E-state index in [0.29, 0.717) is 22.4 Å². The number of carbonyl (C=O) groups is 1. The van der Waals surface area contributed by atoms with Gasteiger partial charge in [-0.1, -0.05) is 37.3 Å². The lowest BCUT2D eigenvalue weighted by molar-refractivity contribution is 0.0970. The Bertz CT molecular complexity index is 1420. The first-order valence-electron chi connectivity index (χ1n) is 10.8. The van der Waals surface area contributed by atoms with Crippen LogP contribution < -0.4 is 10.3 Å². The topological polar surface area (TPSA) is 63.4 Å². The van der Waals surface area contributed by atoms with Crippen molar-refractivity contribution in [3.63, 3.8) is 0 Å². The summed E-state index contributed by atoms with van der Waals surface area (Å²) in [6, 6.07) is 14.8. The summed E-state index contributed by atoms with van der Waals surface area (Å²) in [5, 5.41) is 0.494. The first-order valence-corrected chi connectivity index (χ1v) is 10.8. The molecule has 0 unspecified atom stereocenters. The van der Waals surface area contributed by atoms with Crippen LogP contribution in [0.4, 0.5) is 5.82 Å². The molecule has 160 valence electrons. The average molecular weight is 425 g/mol. The number of aryl methyl sites for hydroxylation is 4. The number of rotatable bonds is 3. The molecule has 0 N–H and O–H groups in total. The Morgan fingerprint density at radius 1 is 0.969 bits per heavy atom. The highest BCUT2D eigenvalue weighted by molar-refractivity contribution is 6.10. The van der Waals surface area contributed by atoms with Crippen molar-refractivity contribution in [1.82, 2.24) is 4.98 Å². The highest BCUT2D eigenvalue weighted by atomic mass is 16.3. The number of pyridine rings is 1. The molecule has 1 aliphatic heterocycles. The summed E-state index contributed by atoms with van der Waals surface area (Å²) >= 11 is 0. The van der Waals surface area contributed by atoms with Crippen LogP contribution in [-0.2, 0) is 6.42 Å². The molecule has 32 heavy (non-hydrogen) atoms. The minimum atomic E-state index is -0.596. The zero-order chi connectivity index (χ0) is 22.6. The van der Waals surface area contributed by atoms with Gasteiger partial charge in [0.25, 0.3) is 5.91 Å². The van der Waals surface area contributed by atoms with Crippen LogP contribution in [-0.4, -0.2) is 10.9 Å². The number of benzene rings is 2. The minimum Gasteiger partial charge on any atom is -0.450 e. The van der Waals surface area contributed by atoms with E-state index in [2.05, 4.69) is 11.9 Å². The smallest absolute Gasteiger partial charge is 0.296 e. The number of carbonyl (C=O) groups excluding carboxylic acids is 1. The summed E-state index contributed by atoms with van der Waals surface area (Å²) in [5.41, 5.74) is 5.69. The van der Waals surface area contributed by atoms with Gasteiger partial charge in [-0.3, -0.25) is 14.5 Å². The lowest BCUT2D eigenvalue weighted by Gasteiger charge is -2.24. The van der Waals surface area contributed by atoms with Crippen molar-refractivity contribution >= 4 is 22.7 Å². The Labute approximate surface area is 186 Å². The Morgan fingerprint density at radius 2 is 1.69 bits per heavy atom. The van der Waals surface area contributed by atoms with Crippen LogP contribution in [0.5, 0.6) is 0 Å². The predicted octanol–water partition coefficient (Wildman–Crippen LogP) is 5.43. The molecule has 1 amide bonds. The van der Waals surface area contributed by atoms with Crippen LogP contribution in [0.3, 0.4) is 0 Å². The molecule has 5 heteroatoms. The normalized spacial score (nSPS) is 15.4. The quantitative estimate of drug-likeness (QED) is 0.440. The lowest BCUT2D eigenvalue weighted by atomic mass is 9.96. The molecule has 0 spiro atoms. The summed E-state index contributed by atoms with van der Waals surface area (Å²) in [6.07, 6.45) is 2.64. The summed E-state index contributed by atoms with van der Waals surface area (Å²) in [5.74, 6) is 0.239. The molecule has 0 fully saturated rings. The zero-order valence-corrected chi connectivity index (χ0v) is 18.6. The van der Waals surface area contributed by atoms with E-state index in [1.54, 1.807) is 11.1 Å². The molecule has 0 radical (unpaired) electrons. The van der Waals surface area contributed by atoms with Crippen molar-refractivity contribution in [2.24, 2.45) is 0 Å². The maximum absolute atomic E-state index is 13.7. The van der Waals surface area contributed by atoms with Gasteiger partial charge in [0.15, 0.2) is 5.43 Å². The maximum atomic E-state index is 13.7. The molecule has 4 aromatic rings. The van der Waals surface area contributed by atoms with Crippen molar-refractivity contribution < 1.29 is 9.21 Å². The Kier molecular flexibility index (Phi) is 4.70. The molecule has 0 aliphatic carbocycles. The van der Waals surface area contributed by atoms with Gasteiger partial charge in [0.1, 0.15) is 11.4 Å². The van der Waals surface area contributed by atoms with E-state index >= 15 is 0 Å². The van der Waals surface area contributed by atoms with E-state index < -0.39 is 6.04 Å². The van der Waals surface area contributed by atoms with E-state index in [0.717, 1.165) is 28.7 Å². The average Bonchev–Trinajstić information content (AvgIpc) is 3.08. The monoisotopic (exact) mass is 424 g/mol. The summed E-state index contributed by atoms with van der Waals surface area (Å²) in [7, 11) is 0. The van der Waals surface area contributed by atoms with Gasteiger partial charge >= 0.3 is 0 Å². The fourth-order valence-corrected chi connectivity index (χ4v) is 4.32. The second-order valence-electron chi connectivity index (χ2n) is 8.47. The molecular weight excluding hydrogens is 400 g/mol. The van der Waals surface area contributed by atoms with Crippen molar-refractivity contribution in [1.29, 1.82) is 0 Å². The molecule has 0 saturated carbocycles. The van der Waals surface area contributed by atoms with Gasteiger partial charge in [0.2, 0.25) is 5.76 Å². The Balaban J connectivity index is 1.80. The molecule has 1 atom stereocenters. The second-order valence-corrected chi connectivity index (χ2v) is 8.47. The molecular formula is C27H24N2O3. The zero-order valence-electron chi connectivity index (χ0n) is 18.6. The Hall–Kier alpha value is -3.73. The van der Waals surface area contributed by atoms with Crippen molar-refractivity contribution in [2.75, 3.05) is 4.90 Å². The SMILES string of the molecule is CCc1ccc([C@@H]2c3c(oc4cc(C)c(C)cc4c3=O)C(=O)N2c2ccc(C)cn2)cc1. The summed E-state index contributed by atoms with van der Waals surface area (Å²) in [4.78, 5) is 33.4. The van der Waals surface area contributed by atoms with Gasteiger partial charge in [-0.2, -0.15) is 0 Å². The third kappa shape index (κ3) is 3.04. The number of nitrogens with zero attached hydrogens (tertiary/aromatic N) is 2. The number of hydrogen-bond acceptors (Lipinski definition) is 4. The fraction of sp³-hybridized carbons (Fsp3) is 0.222. The highest BCUT2D eigenvalue weighted by Crippen LogP contribution is 2.40. The Morgan fingerprint density at radius 3 is 2.34 bits per heavy atom. The van der Waals surface area contributed by atoms with Crippen molar-refractivity contribution in [2.45, 2.75) is 40.2 Å². The number of fused-ring (bicyclic) bond motifs is 2. The van der Waals surface area contributed by atoms with E-state index in [1.165, 1.54) is 5.56 Å². The van der Waals surface area contributed by atoms with E-state index in [1.807, 2.05) is 69.3 Å². The van der Waals surface area contributed by atoms with Gasteiger partial charge in [-0.15, -0.1) is 0 Å². The predicted molar refractivity (Wildman–Crippen MR) is 125 cm³/mol. The third-order valence-electron chi connectivity index (χ3n) is 6.33. The molecule has 3 heterocycles. The van der Waals surface area contributed by atoms with E-state index in [9.17, 15) is 9.59 Å². The largest absolute Gasteiger partial charge is 0.450 e. The molecule has 5 nitrogen and oxygen atoms in total. The van der Waals surface area contributed by atoms with Gasteiger partial charge in [0.05, 0.1) is 17.0 Å². The van der Waals surface area contributed by atoms with Gasteiger partial charge < -0.3 is 4.42 Å². The number of amides is 1. The van der Waals surface area contributed by atoms with Crippen molar-refractivity contribution in [3.8, 4) is 0 Å². The molecule has 0 saturated heterocycles. The molecule has 5 rings (SSSR count). The molecule has 2 aromatic carbocycles. The standard InChI is InChI=1S/C27H24N2O3/c1-5-18-7-9-19(10-8-18)24-23-25(30)20-12-16(3)17(4)13-21(20)32-26(23)27(31)29(24)22-11-6-15(2)14-28-22/h6-14,24H,5H2,1-4H3/t24-/m1/s1. The van der Waals surface area contributed by atoms with Crippen LogP contribution >= 0.6 is 0 Å². The first-order chi connectivity index (χ1) is 15.4. The summed E-state index contributed by atoms with van der Waals surface area (Å²) < 4.78 is 6.09. The van der Waals surface area contributed by atoms with Crippen LogP contribution in [0.15, 0.2) is 63.9 Å². The first kappa shape index (κ1) is 20.2. The number of aromatic nitrogens is 1. The van der Waals surface area contributed by atoms with Gasteiger partial charge in [-0.25, -0.2) is 4.98 Å².